The average molecular weight is 800 g/mol. The van der Waals surface area contributed by atoms with E-state index in [0.717, 1.165) is 37.1 Å². The SMILES string of the molecule is N#Cc1c(N)sc2c(F)ccc(-c3c(Cl)c4c5c(nc(OC[C@@]67CCCN6C[C@H](F)C7)nc5c3F)N(C3CCC5(C3)CN(C(=O)C3CC3(F)F)C5)CCO4)c12. The summed E-state index contributed by atoms with van der Waals surface area (Å²) in [6.45, 7) is 2.40. The first-order chi connectivity index (χ1) is 26.3. The number of fused-ring (bicyclic) bond motifs is 2. The van der Waals surface area contributed by atoms with Gasteiger partial charge in [-0.2, -0.15) is 15.2 Å². The van der Waals surface area contributed by atoms with Crippen molar-refractivity contribution in [3.05, 3.63) is 34.4 Å². The van der Waals surface area contributed by atoms with Gasteiger partial charge in [-0.1, -0.05) is 17.7 Å². The predicted octanol–water partition coefficient (Wildman–Crippen LogP) is 7.09. The number of alkyl halides is 3. The van der Waals surface area contributed by atoms with E-state index in [-0.39, 0.29) is 84.1 Å². The van der Waals surface area contributed by atoms with Crippen molar-refractivity contribution >= 4 is 60.7 Å². The molecular weight excluding hydrogens is 765 g/mol. The molecule has 2 aliphatic carbocycles. The Balaban J connectivity index is 1.07. The number of nitrogen functional groups attached to an aromatic ring is 1. The Bertz CT molecular complexity index is 2370. The van der Waals surface area contributed by atoms with Crippen LogP contribution < -0.4 is 20.1 Å². The van der Waals surface area contributed by atoms with Gasteiger partial charge in [-0.15, -0.1) is 11.3 Å². The number of ether oxygens (including phenoxy) is 2. The van der Waals surface area contributed by atoms with Gasteiger partial charge < -0.3 is 25.0 Å². The van der Waals surface area contributed by atoms with Crippen LogP contribution in [0.15, 0.2) is 12.1 Å². The summed E-state index contributed by atoms with van der Waals surface area (Å²) in [5.41, 5.74) is 5.16. The third-order valence-corrected chi connectivity index (χ3v) is 14.2. The van der Waals surface area contributed by atoms with Crippen LogP contribution in [0.4, 0.5) is 32.8 Å². The summed E-state index contributed by atoms with van der Waals surface area (Å²) in [6.07, 6.45) is 2.64. The maximum atomic E-state index is 17.4. The van der Waals surface area contributed by atoms with E-state index >= 15 is 8.78 Å². The smallest absolute Gasteiger partial charge is 0.319 e. The molecule has 6 heterocycles. The highest BCUT2D eigenvalue weighted by molar-refractivity contribution is 7.23. The van der Waals surface area contributed by atoms with Gasteiger partial charge in [0.2, 0.25) is 5.91 Å². The second kappa shape index (κ2) is 12.1. The summed E-state index contributed by atoms with van der Waals surface area (Å²) in [4.78, 5) is 27.9. The number of hydrogen-bond acceptors (Lipinski definition) is 10. The van der Waals surface area contributed by atoms with E-state index in [4.69, 9.17) is 31.8 Å². The van der Waals surface area contributed by atoms with Crippen LogP contribution >= 0.6 is 22.9 Å². The highest BCUT2D eigenvalue weighted by atomic mass is 35.5. The second-order valence-corrected chi connectivity index (χ2v) is 17.6. The van der Waals surface area contributed by atoms with Crippen molar-refractivity contribution in [2.24, 2.45) is 11.3 Å². The zero-order valence-electron chi connectivity index (χ0n) is 29.4. The van der Waals surface area contributed by atoms with Crippen molar-refractivity contribution in [1.82, 2.24) is 19.8 Å². The van der Waals surface area contributed by atoms with Crippen molar-refractivity contribution in [2.45, 2.75) is 68.6 Å². The number of benzene rings is 2. The third-order valence-electron chi connectivity index (χ3n) is 12.8. The van der Waals surface area contributed by atoms with Gasteiger partial charge in [0.25, 0.3) is 5.92 Å². The molecule has 2 N–H and O–H groups in total. The van der Waals surface area contributed by atoms with Crippen molar-refractivity contribution < 1.29 is 36.2 Å². The van der Waals surface area contributed by atoms with Gasteiger partial charge in [0.05, 0.1) is 32.8 Å². The number of nitrogens with two attached hydrogens (primary N) is 1. The summed E-state index contributed by atoms with van der Waals surface area (Å²) in [5.74, 6) is -5.68. The van der Waals surface area contributed by atoms with E-state index in [2.05, 4.69) is 9.88 Å². The Hall–Kier alpha value is -4.20. The zero-order chi connectivity index (χ0) is 38.2. The minimum Gasteiger partial charge on any atom is -0.489 e. The Morgan fingerprint density at radius 3 is 2.71 bits per heavy atom. The van der Waals surface area contributed by atoms with E-state index in [1.807, 2.05) is 11.0 Å². The number of carbonyl (C=O) groups is 1. The molecule has 4 aliphatic heterocycles. The number of anilines is 2. The van der Waals surface area contributed by atoms with Crippen LogP contribution in [0, 0.1) is 34.3 Å². The molecule has 10 nitrogen and oxygen atoms in total. The summed E-state index contributed by atoms with van der Waals surface area (Å²) >= 11 is 7.96. The molecule has 2 aromatic heterocycles. The summed E-state index contributed by atoms with van der Waals surface area (Å²) in [7, 11) is 0. The quantitative estimate of drug-likeness (QED) is 0.204. The lowest BCUT2D eigenvalue weighted by molar-refractivity contribution is -0.146. The molecule has 10 rings (SSSR count). The first kappa shape index (κ1) is 35.2. The van der Waals surface area contributed by atoms with Gasteiger partial charge in [0.15, 0.2) is 11.6 Å². The van der Waals surface area contributed by atoms with Crippen LogP contribution in [0.2, 0.25) is 5.02 Å². The number of aromatic nitrogens is 2. The highest BCUT2D eigenvalue weighted by Crippen LogP contribution is 2.55. The number of likely N-dealkylation sites (tertiary alicyclic amines) is 1. The molecule has 55 heavy (non-hydrogen) atoms. The fraction of sp³-hybridized carbons (Fsp3) is 0.526. The molecule has 0 radical (unpaired) electrons. The van der Waals surface area contributed by atoms with Gasteiger partial charge in [-0.3, -0.25) is 9.69 Å². The number of amides is 1. The molecule has 4 aromatic rings. The number of rotatable bonds is 6. The molecule has 2 saturated carbocycles. The molecule has 2 unspecified atom stereocenters. The normalized spacial score (nSPS) is 27.6. The van der Waals surface area contributed by atoms with E-state index in [1.54, 1.807) is 0 Å². The van der Waals surface area contributed by atoms with Crippen molar-refractivity contribution in [3.63, 3.8) is 0 Å². The minimum absolute atomic E-state index is 0.00390. The fourth-order valence-corrected chi connectivity index (χ4v) is 11.4. The standard InChI is InChI=1S/C38H35ClF5N7O3S/c39-27-25(20-2-3-23(41)31-24(20)21(13-45)32(46)55-31)28(42)29-26-30(27)53-9-8-51(19-4-6-36(11-19)15-49(16-36)34(52)22-12-38(22,43)44)33(26)48-35(47-29)54-17-37-5-1-7-50(37)14-18(40)10-37/h2-3,18-19,22H,1,4-12,14-17,46H2/t18-,19?,22?,37+/m1/s1. The molecule has 3 saturated heterocycles. The first-order valence-corrected chi connectivity index (χ1v) is 19.7. The van der Waals surface area contributed by atoms with E-state index in [1.165, 1.54) is 17.0 Å². The van der Waals surface area contributed by atoms with Gasteiger partial charge in [-0.25, -0.2) is 22.0 Å². The van der Waals surface area contributed by atoms with Crippen LogP contribution in [0.5, 0.6) is 11.8 Å². The lowest BCUT2D eigenvalue weighted by Gasteiger charge is -2.49. The summed E-state index contributed by atoms with van der Waals surface area (Å²) in [5, 5.41) is 10.3. The Labute approximate surface area is 320 Å². The number of nitrogens with zero attached hydrogens (tertiary/aromatic N) is 6. The summed E-state index contributed by atoms with van der Waals surface area (Å²) < 4.78 is 87.2. The Morgan fingerprint density at radius 2 is 1.95 bits per heavy atom. The molecule has 17 heteroatoms. The lowest BCUT2D eigenvalue weighted by atomic mass is 9.77. The topological polar surface area (TPSA) is 121 Å². The molecule has 1 amide bonds. The molecule has 288 valence electrons. The van der Waals surface area contributed by atoms with Crippen LogP contribution in [-0.2, 0) is 4.79 Å². The molecule has 4 atom stereocenters. The fourth-order valence-electron chi connectivity index (χ4n) is 10.1. The van der Waals surface area contributed by atoms with Crippen molar-refractivity contribution in [2.75, 3.05) is 56.6 Å². The number of carbonyl (C=O) groups excluding carboxylic acids is 1. The molecular formula is C38H35ClF5N7O3S. The van der Waals surface area contributed by atoms with Gasteiger partial charge in [0, 0.05) is 54.9 Å². The van der Waals surface area contributed by atoms with E-state index in [0.29, 0.717) is 51.3 Å². The summed E-state index contributed by atoms with van der Waals surface area (Å²) in [6, 6.07) is 4.30. The van der Waals surface area contributed by atoms with Gasteiger partial charge in [0.1, 0.15) is 53.5 Å². The molecule has 2 aromatic carbocycles. The Morgan fingerprint density at radius 1 is 1.15 bits per heavy atom. The Kier molecular flexibility index (Phi) is 7.78. The van der Waals surface area contributed by atoms with E-state index in [9.17, 15) is 23.2 Å². The molecule has 5 fully saturated rings. The first-order valence-electron chi connectivity index (χ1n) is 18.5. The van der Waals surface area contributed by atoms with Crippen molar-refractivity contribution in [3.8, 4) is 29.0 Å². The number of nitriles is 1. The van der Waals surface area contributed by atoms with Crippen LogP contribution in [-0.4, -0.2) is 95.3 Å². The largest absolute Gasteiger partial charge is 0.489 e. The monoisotopic (exact) mass is 799 g/mol. The van der Waals surface area contributed by atoms with Gasteiger partial charge in [-0.05, 0) is 50.3 Å². The maximum Gasteiger partial charge on any atom is 0.319 e. The number of hydrogen-bond donors (Lipinski definition) is 1. The third kappa shape index (κ3) is 5.28. The van der Waals surface area contributed by atoms with E-state index < -0.39 is 47.5 Å². The van der Waals surface area contributed by atoms with Crippen molar-refractivity contribution in [1.29, 1.82) is 5.26 Å². The predicted molar refractivity (Wildman–Crippen MR) is 196 cm³/mol. The molecule has 6 aliphatic rings. The molecule has 0 bridgehead atoms. The molecule has 1 spiro atoms. The maximum absolute atomic E-state index is 17.4. The number of halogens is 6. The minimum atomic E-state index is -2.93. The lowest BCUT2D eigenvalue weighted by Crippen LogP contribution is -2.58. The number of thiophene rings is 1. The van der Waals surface area contributed by atoms with Crippen LogP contribution in [0.25, 0.3) is 32.1 Å². The highest BCUT2D eigenvalue weighted by Gasteiger charge is 2.64. The average Bonchev–Trinajstić information content (AvgIpc) is 3.52. The zero-order valence-corrected chi connectivity index (χ0v) is 31.0. The van der Waals surface area contributed by atoms with Gasteiger partial charge >= 0.3 is 6.01 Å². The van der Waals surface area contributed by atoms with Crippen LogP contribution in [0.3, 0.4) is 0 Å². The second-order valence-electron chi connectivity index (χ2n) is 16.2. The van der Waals surface area contributed by atoms with Crippen LogP contribution in [0.1, 0.15) is 50.5 Å².